The van der Waals surface area contributed by atoms with E-state index in [0.29, 0.717) is 24.2 Å². The van der Waals surface area contributed by atoms with E-state index in [1.165, 1.54) is 11.6 Å². The Kier molecular flexibility index (Phi) is 6.93. The topological polar surface area (TPSA) is 95.2 Å². The molecule has 0 aliphatic heterocycles. The maximum absolute atomic E-state index is 12.9. The van der Waals surface area contributed by atoms with Crippen LogP contribution in [0.25, 0.3) is 15.9 Å². The van der Waals surface area contributed by atoms with Gasteiger partial charge in [-0.25, -0.2) is 9.67 Å². The first-order valence-electron chi connectivity index (χ1n) is 11.0. The van der Waals surface area contributed by atoms with Crippen molar-refractivity contribution in [2.75, 3.05) is 5.32 Å². The molecule has 1 amide bonds. The first-order valence-corrected chi connectivity index (χ1v) is 11.9. The Hall–Kier alpha value is -3.72. The van der Waals surface area contributed by atoms with Crippen LogP contribution in [0.4, 0.5) is 5.69 Å². The summed E-state index contributed by atoms with van der Waals surface area (Å²) in [6, 6.07) is 17.1. The second-order valence-corrected chi connectivity index (χ2v) is 9.10. The van der Waals surface area contributed by atoms with E-state index in [2.05, 4.69) is 10.3 Å². The van der Waals surface area contributed by atoms with Crippen molar-refractivity contribution in [1.29, 1.82) is 0 Å². The van der Waals surface area contributed by atoms with Gasteiger partial charge < -0.3 is 10.1 Å². The van der Waals surface area contributed by atoms with Gasteiger partial charge in [-0.3, -0.25) is 19.1 Å². The average Bonchev–Trinajstić information content (AvgIpc) is 3.33. The molecule has 1 atom stereocenters. The molecule has 176 valence electrons. The van der Waals surface area contributed by atoms with Crippen LogP contribution in [0.3, 0.4) is 0 Å². The van der Waals surface area contributed by atoms with E-state index in [4.69, 9.17) is 4.74 Å². The van der Waals surface area contributed by atoms with E-state index in [9.17, 15) is 14.4 Å². The highest BCUT2D eigenvalue weighted by atomic mass is 32.1. The fourth-order valence-electron chi connectivity index (χ4n) is 3.66. The molecule has 0 saturated heterocycles. The van der Waals surface area contributed by atoms with Crippen LogP contribution in [0.1, 0.15) is 30.5 Å². The molecule has 2 heterocycles. The third kappa shape index (κ3) is 4.94. The normalized spacial score (nSPS) is 12.0. The lowest BCUT2D eigenvalue weighted by atomic mass is 10.2. The predicted octanol–water partition coefficient (Wildman–Crippen LogP) is 3.99. The molecule has 0 unspecified atom stereocenters. The molecule has 2 aromatic heterocycles. The number of nitrogens with zero attached hydrogens (tertiary/aromatic N) is 3. The zero-order valence-electron chi connectivity index (χ0n) is 19.3. The van der Waals surface area contributed by atoms with Gasteiger partial charge in [0, 0.05) is 13.5 Å². The van der Waals surface area contributed by atoms with Crippen LogP contribution >= 0.6 is 11.3 Å². The van der Waals surface area contributed by atoms with Crippen LogP contribution in [-0.4, -0.2) is 32.3 Å². The highest BCUT2D eigenvalue weighted by Crippen LogP contribution is 2.23. The maximum atomic E-state index is 12.9. The van der Waals surface area contributed by atoms with Crippen molar-refractivity contribution >= 4 is 39.1 Å². The van der Waals surface area contributed by atoms with Gasteiger partial charge in [0.2, 0.25) is 0 Å². The van der Waals surface area contributed by atoms with Crippen LogP contribution in [0.2, 0.25) is 0 Å². The summed E-state index contributed by atoms with van der Waals surface area (Å²) < 4.78 is 9.57. The summed E-state index contributed by atoms with van der Waals surface area (Å²) in [5, 5.41) is 3.60. The number of rotatable bonds is 8. The van der Waals surface area contributed by atoms with Crippen molar-refractivity contribution < 1.29 is 14.3 Å². The number of thiazole rings is 1. The van der Waals surface area contributed by atoms with Crippen molar-refractivity contribution in [3.05, 3.63) is 75.7 Å². The van der Waals surface area contributed by atoms with Crippen LogP contribution in [0.5, 0.6) is 0 Å². The molecular formula is C25H26N4O4S. The molecule has 8 nitrogen and oxygen atoms in total. The molecule has 0 bridgehead atoms. The van der Waals surface area contributed by atoms with Crippen LogP contribution in [0.15, 0.2) is 59.4 Å². The van der Waals surface area contributed by atoms with Gasteiger partial charge in [-0.2, -0.15) is 0 Å². The van der Waals surface area contributed by atoms with E-state index in [1.54, 1.807) is 30.0 Å². The molecule has 0 aliphatic carbocycles. The third-order valence-corrected chi connectivity index (χ3v) is 6.69. The summed E-state index contributed by atoms with van der Waals surface area (Å²) >= 11 is 1.61. The van der Waals surface area contributed by atoms with Gasteiger partial charge in [0.1, 0.15) is 5.69 Å². The molecule has 34 heavy (non-hydrogen) atoms. The number of fused-ring (bicyclic) bond motifs is 1. The number of anilines is 1. The zero-order valence-corrected chi connectivity index (χ0v) is 20.1. The number of amides is 1. The summed E-state index contributed by atoms with van der Waals surface area (Å²) in [4.78, 5) is 42.4. The molecular weight excluding hydrogens is 452 g/mol. The molecule has 2 aromatic carbocycles. The Morgan fingerprint density at radius 2 is 1.82 bits per heavy atom. The second kappa shape index (κ2) is 10.0. The molecule has 0 radical (unpaired) electrons. The average molecular weight is 479 g/mol. The molecule has 0 aliphatic rings. The first-order chi connectivity index (χ1) is 16.3. The van der Waals surface area contributed by atoms with Crippen LogP contribution < -0.4 is 10.9 Å². The van der Waals surface area contributed by atoms with Crippen LogP contribution in [-0.2, 0) is 27.8 Å². The lowest BCUT2D eigenvalue weighted by Gasteiger charge is -2.13. The third-order valence-electron chi connectivity index (χ3n) is 5.59. The second-order valence-electron chi connectivity index (χ2n) is 7.99. The van der Waals surface area contributed by atoms with Crippen molar-refractivity contribution in [1.82, 2.24) is 14.3 Å². The number of esters is 1. The van der Waals surface area contributed by atoms with E-state index in [1.807, 2.05) is 54.6 Å². The van der Waals surface area contributed by atoms with Gasteiger partial charge in [0.25, 0.3) is 11.5 Å². The number of aryl methyl sites for hydroxylation is 1. The van der Waals surface area contributed by atoms with Crippen molar-refractivity contribution in [2.24, 2.45) is 7.05 Å². The quantitative estimate of drug-likeness (QED) is 0.387. The Balaban J connectivity index is 1.33. The van der Waals surface area contributed by atoms with E-state index in [0.717, 1.165) is 15.2 Å². The van der Waals surface area contributed by atoms with Crippen molar-refractivity contribution in [2.45, 2.75) is 39.2 Å². The lowest BCUT2D eigenvalue weighted by molar-refractivity contribution is -0.153. The highest BCUT2D eigenvalue weighted by molar-refractivity contribution is 7.18. The summed E-state index contributed by atoms with van der Waals surface area (Å²) in [7, 11) is 1.74. The van der Waals surface area contributed by atoms with E-state index >= 15 is 0 Å². The number of aromatic nitrogens is 3. The predicted molar refractivity (Wildman–Crippen MR) is 132 cm³/mol. The van der Waals surface area contributed by atoms with Crippen molar-refractivity contribution in [3.63, 3.8) is 0 Å². The maximum Gasteiger partial charge on any atom is 0.306 e. The van der Waals surface area contributed by atoms with E-state index in [-0.39, 0.29) is 17.7 Å². The Labute approximate surface area is 200 Å². The highest BCUT2D eigenvalue weighted by Gasteiger charge is 2.23. The molecule has 0 fully saturated rings. The molecule has 1 N–H and O–H groups in total. The van der Waals surface area contributed by atoms with Gasteiger partial charge >= 0.3 is 5.97 Å². The van der Waals surface area contributed by atoms with Gasteiger partial charge in [0.15, 0.2) is 6.10 Å². The largest absolute Gasteiger partial charge is 0.453 e. The minimum absolute atomic E-state index is 0.162. The fraction of sp³-hybridized carbons (Fsp3) is 0.280. The smallest absolute Gasteiger partial charge is 0.306 e. The number of para-hydroxylation sites is 2. The number of nitrogens with one attached hydrogen (secondary N) is 1. The number of benzene rings is 2. The standard InChI is InChI=1S/C25H26N4O4S/c1-16-23(25(32)29(28(16)3)18-10-5-4-6-11-18)27-24(31)17(2)33-22(30)15-9-14-21-26-19-12-7-8-13-20(19)34-21/h4-8,10-13,17H,9,14-15H2,1-3H3,(H,27,31)/t17-/m0/s1. The first kappa shape index (κ1) is 23.4. The minimum Gasteiger partial charge on any atom is -0.453 e. The number of ether oxygens (including phenoxy) is 1. The van der Waals surface area contributed by atoms with Gasteiger partial charge in [-0.15, -0.1) is 11.3 Å². The number of hydrogen-bond donors (Lipinski definition) is 1. The number of carbonyl (C=O) groups excluding carboxylic acids is 2. The minimum atomic E-state index is -1.03. The summed E-state index contributed by atoms with van der Waals surface area (Å²) in [6.45, 7) is 3.24. The summed E-state index contributed by atoms with van der Waals surface area (Å²) in [5.41, 5.74) is 2.05. The van der Waals surface area contributed by atoms with Crippen molar-refractivity contribution in [3.8, 4) is 5.69 Å². The Bertz CT molecular complexity index is 1350. The summed E-state index contributed by atoms with van der Waals surface area (Å²) in [6.07, 6.45) is 0.391. The lowest BCUT2D eigenvalue weighted by Crippen LogP contribution is -2.32. The molecule has 4 rings (SSSR count). The van der Waals surface area contributed by atoms with Gasteiger partial charge in [-0.1, -0.05) is 30.3 Å². The van der Waals surface area contributed by atoms with Gasteiger partial charge in [0.05, 0.1) is 26.6 Å². The molecule has 4 aromatic rings. The van der Waals surface area contributed by atoms with E-state index < -0.39 is 18.0 Å². The van der Waals surface area contributed by atoms with Gasteiger partial charge in [-0.05, 0) is 51.0 Å². The number of carbonyl (C=O) groups is 2. The fourth-order valence-corrected chi connectivity index (χ4v) is 4.67. The SMILES string of the molecule is Cc1c(NC(=O)[C@H](C)OC(=O)CCCc2nc3ccccc3s2)c(=O)n(-c2ccccc2)n1C. The van der Waals surface area contributed by atoms with Crippen LogP contribution in [0, 0.1) is 6.92 Å². The monoisotopic (exact) mass is 478 g/mol. The summed E-state index contributed by atoms with van der Waals surface area (Å²) in [5.74, 6) is -1.01. The molecule has 0 saturated carbocycles. The molecule has 0 spiro atoms. The Morgan fingerprint density at radius 1 is 1.12 bits per heavy atom. The zero-order chi connectivity index (χ0) is 24.2. The Morgan fingerprint density at radius 3 is 2.56 bits per heavy atom. The number of hydrogen-bond acceptors (Lipinski definition) is 6. The molecule has 9 heteroatoms.